The fourth-order valence-corrected chi connectivity index (χ4v) is 1.23. The molecule has 1 amide bonds. The lowest BCUT2D eigenvalue weighted by Gasteiger charge is -2.10. The molecular formula is C10H17N3O4. The van der Waals surface area contributed by atoms with Crippen LogP contribution in [-0.2, 0) is 14.4 Å². The molecule has 0 unspecified atom stereocenters. The van der Waals surface area contributed by atoms with E-state index < -0.39 is 29.3 Å². The second kappa shape index (κ2) is 7.53. The zero-order valence-electron chi connectivity index (χ0n) is 9.39. The minimum atomic E-state index is -1.42. The lowest BCUT2D eigenvalue weighted by atomic mass is 9.99. The van der Waals surface area contributed by atoms with Crippen LogP contribution in [0.25, 0.3) is 0 Å². The van der Waals surface area contributed by atoms with E-state index in [4.69, 9.17) is 22.3 Å². The Morgan fingerprint density at radius 2 is 1.82 bits per heavy atom. The summed E-state index contributed by atoms with van der Waals surface area (Å²) in [5.41, 5.74) is 15.1. The van der Waals surface area contributed by atoms with Crippen LogP contribution in [0.15, 0.2) is 11.6 Å². The van der Waals surface area contributed by atoms with Gasteiger partial charge in [0.1, 0.15) is 0 Å². The number of Topliss-reactive ketones (excluding diaryl/α,β-unsaturated/α-hetero) is 1. The highest BCUT2D eigenvalue weighted by molar-refractivity contribution is 6.22. The van der Waals surface area contributed by atoms with E-state index in [-0.39, 0.29) is 0 Å². The first-order valence-corrected chi connectivity index (χ1v) is 5.14. The first-order valence-electron chi connectivity index (χ1n) is 5.14. The molecule has 1 atom stereocenters. The Kier molecular flexibility index (Phi) is 6.76. The highest BCUT2D eigenvalue weighted by Gasteiger charge is 2.22. The third-order valence-electron chi connectivity index (χ3n) is 2.10. The maximum Gasteiger partial charge on any atom is 0.329 e. The average molecular weight is 243 g/mol. The summed E-state index contributed by atoms with van der Waals surface area (Å²) in [6.45, 7) is 0.481. The molecule has 0 radical (unpaired) electrons. The van der Waals surface area contributed by atoms with Crippen molar-refractivity contribution in [1.82, 2.24) is 0 Å². The monoisotopic (exact) mass is 243 g/mol. The molecule has 0 aliphatic rings. The van der Waals surface area contributed by atoms with E-state index >= 15 is 0 Å². The van der Waals surface area contributed by atoms with Gasteiger partial charge in [-0.2, -0.15) is 0 Å². The molecule has 0 fully saturated rings. The molecule has 7 heteroatoms. The van der Waals surface area contributed by atoms with Gasteiger partial charge in [0.15, 0.2) is 5.78 Å². The Morgan fingerprint density at radius 3 is 2.24 bits per heavy atom. The second-order valence-corrected chi connectivity index (χ2v) is 3.52. The summed E-state index contributed by atoms with van der Waals surface area (Å²) in [6, 6.07) is -0.931. The zero-order valence-corrected chi connectivity index (χ0v) is 9.39. The molecule has 0 rings (SSSR count). The molecule has 0 aromatic heterocycles. The minimum absolute atomic E-state index is 0.334. The summed E-state index contributed by atoms with van der Waals surface area (Å²) in [4.78, 5) is 32.9. The number of hydrogen-bond donors (Lipinski definition) is 4. The molecule has 0 heterocycles. The van der Waals surface area contributed by atoms with Gasteiger partial charge in [0.25, 0.3) is 5.91 Å². The highest BCUT2D eigenvalue weighted by atomic mass is 16.4. The smallest absolute Gasteiger partial charge is 0.329 e. The number of carbonyl (C=O) groups excluding carboxylic acids is 2. The molecule has 17 heavy (non-hydrogen) atoms. The largest absolute Gasteiger partial charge is 0.478 e. The van der Waals surface area contributed by atoms with Crippen molar-refractivity contribution >= 4 is 17.7 Å². The van der Waals surface area contributed by atoms with E-state index in [1.54, 1.807) is 0 Å². The van der Waals surface area contributed by atoms with Gasteiger partial charge in [0.05, 0.1) is 11.6 Å². The standard InChI is InChI=1S/C10H17N3O4/c11-4-2-1-3-7(12)9(16)6(10(13)17)5-8(14)15/h5,7H,1-4,11-12H2,(H2,13,17)(H,14,15)/b6-5-/t7-/m0/s1. The van der Waals surface area contributed by atoms with Crippen molar-refractivity contribution in [2.24, 2.45) is 17.2 Å². The van der Waals surface area contributed by atoms with Crippen LogP contribution in [0.4, 0.5) is 0 Å². The summed E-state index contributed by atoms with van der Waals surface area (Å²) in [6.07, 6.45) is 2.14. The fraction of sp³-hybridized carbons (Fsp3) is 0.500. The molecule has 7 nitrogen and oxygen atoms in total. The van der Waals surface area contributed by atoms with Crippen LogP contribution >= 0.6 is 0 Å². The number of hydrogen-bond acceptors (Lipinski definition) is 5. The van der Waals surface area contributed by atoms with Gasteiger partial charge in [-0.25, -0.2) is 4.79 Å². The van der Waals surface area contributed by atoms with Crippen molar-refractivity contribution < 1.29 is 19.5 Å². The summed E-state index contributed by atoms with van der Waals surface area (Å²) in [5.74, 6) is -3.26. The Morgan fingerprint density at radius 1 is 1.24 bits per heavy atom. The number of rotatable bonds is 8. The molecule has 0 bridgehead atoms. The number of carboxylic acids is 1. The third kappa shape index (κ3) is 5.79. The van der Waals surface area contributed by atoms with Crippen molar-refractivity contribution in [3.05, 3.63) is 11.6 Å². The Hall–Kier alpha value is -1.73. The predicted octanol–water partition coefficient (Wildman–Crippen LogP) is -1.49. The molecular weight excluding hydrogens is 226 g/mol. The van der Waals surface area contributed by atoms with Crippen molar-refractivity contribution in [3.63, 3.8) is 0 Å². The van der Waals surface area contributed by atoms with Crippen LogP contribution in [0, 0.1) is 0 Å². The Labute approximate surface area is 98.6 Å². The third-order valence-corrected chi connectivity index (χ3v) is 2.10. The summed E-state index contributed by atoms with van der Waals surface area (Å²) < 4.78 is 0. The van der Waals surface area contributed by atoms with E-state index in [1.807, 2.05) is 0 Å². The molecule has 0 spiro atoms. The number of carbonyl (C=O) groups is 3. The number of amides is 1. The van der Waals surface area contributed by atoms with Gasteiger partial charge in [-0.3, -0.25) is 9.59 Å². The van der Waals surface area contributed by atoms with Crippen molar-refractivity contribution in [3.8, 4) is 0 Å². The Bertz CT molecular complexity index is 338. The molecule has 96 valence electrons. The van der Waals surface area contributed by atoms with Gasteiger partial charge < -0.3 is 22.3 Å². The number of nitrogens with two attached hydrogens (primary N) is 3. The molecule has 0 aliphatic carbocycles. The molecule has 0 aromatic rings. The molecule has 0 saturated heterocycles. The molecule has 0 aromatic carbocycles. The number of unbranched alkanes of at least 4 members (excludes halogenated alkanes) is 1. The van der Waals surface area contributed by atoms with Crippen LogP contribution in [-0.4, -0.2) is 35.4 Å². The lowest BCUT2D eigenvalue weighted by Crippen LogP contribution is -2.36. The van der Waals surface area contributed by atoms with Gasteiger partial charge in [-0.15, -0.1) is 0 Å². The quantitative estimate of drug-likeness (QED) is 0.176. The van der Waals surface area contributed by atoms with Crippen LogP contribution in [0.5, 0.6) is 0 Å². The first-order chi connectivity index (χ1) is 7.90. The molecule has 0 saturated carbocycles. The SMILES string of the molecule is NCCCC[C@H](N)C(=O)/C(=C/C(=O)O)C(N)=O. The van der Waals surface area contributed by atoms with Crippen LogP contribution in [0.3, 0.4) is 0 Å². The zero-order chi connectivity index (χ0) is 13.4. The summed E-state index contributed by atoms with van der Waals surface area (Å²) >= 11 is 0. The average Bonchev–Trinajstić information content (AvgIpc) is 2.24. The van der Waals surface area contributed by atoms with Gasteiger partial charge >= 0.3 is 5.97 Å². The summed E-state index contributed by atoms with van der Waals surface area (Å²) in [7, 11) is 0. The lowest BCUT2D eigenvalue weighted by molar-refractivity contribution is -0.132. The Balaban J connectivity index is 4.62. The van der Waals surface area contributed by atoms with Crippen LogP contribution < -0.4 is 17.2 Å². The summed E-state index contributed by atoms with van der Waals surface area (Å²) in [5, 5.41) is 8.48. The number of carboxylic acid groups (broad SMARTS) is 1. The van der Waals surface area contributed by atoms with E-state index in [0.717, 1.165) is 0 Å². The van der Waals surface area contributed by atoms with Gasteiger partial charge in [0.2, 0.25) is 0 Å². The van der Waals surface area contributed by atoms with Crippen molar-refractivity contribution in [2.45, 2.75) is 25.3 Å². The first kappa shape index (κ1) is 15.3. The van der Waals surface area contributed by atoms with E-state index in [9.17, 15) is 14.4 Å². The van der Waals surface area contributed by atoms with Gasteiger partial charge in [-0.1, -0.05) is 6.42 Å². The fourth-order valence-electron chi connectivity index (χ4n) is 1.23. The van der Waals surface area contributed by atoms with E-state index in [0.29, 0.717) is 31.9 Å². The van der Waals surface area contributed by atoms with Crippen LogP contribution in [0.2, 0.25) is 0 Å². The number of ketones is 1. The van der Waals surface area contributed by atoms with Gasteiger partial charge in [0, 0.05) is 6.08 Å². The molecule has 0 aliphatic heterocycles. The predicted molar refractivity (Wildman–Crippen MR) is 60.8 cm³/mol. The van der Waals surface area contributed by atoms with Crippen molar-refractivity contribution in [2.75, 3.05) is 6.54 Å². The van der Waals surface area contributed by atoms with Gasteiger partial charge in [-0.05, 0) is 19.4 Å². The van der Waals surface area contributed by atoms with E-state index in [1.165, 1.54) is 0 Å². The maximum atomic E-state index is 11.6. The van der Waals surface area contributed by atoms with Crippen molar-refractivity contribution in [1.29, 1.82) is 0 Å². The minimum Gasteiger partial charge on any atom is -0.478 e. The van der Waals surface area contributed by atoms with E-state index in [2.05, 4.69) is 0 Å². The molecule has 7 N–H and O–H groups in total. The topological polar surface area (TPSA) is 150 Å². The second-order valence-electron chi connectivity index (χ2n) is 3.52. The maximum absolute atomic E-state index is 11.6. The number of aliphatic carboxylic acids is 1. The number of primary amides is 1. The normalized spacial score (nSPS) is 13.2. The van der Waals surface area contributed by atoms with Crippen LogP contribution in [0.1, 0.15) is 19.3 Å². The highest BCUT2D eigenvalue weighted by Crippen LogP contribution is 2.05.